The molecule has 288 valence electrons. The SMILES string of the molecule is CC1=C(C(=O)O)C(c2cccc([N+](=O)[O-])c2)C(C(=O)OCCOc2ccc(OCCNCC(O)COc3ccc(CCOCC4CC4)cc3)cc2)=C(C)N1. The number of non-ortho nitro benzene ring substituents is 1. The minimum absolute atomic E-state index is 0.0187. The van der Waals surface area contributed by atoms with Crippen molar-refractivity contribution >= 4 is 17.6 Å². The summed E-state index contributed by atoms with van der Waals surface area (Å²) >= 11 is 0. The number of dihydropyridines is 1. The van der Waals surface area contributed by atoms with Gasteiger partial charge in [0.2, 0.25) is 0 Å². The molecule has 14 heteroatoms. The Hall–Kier alpha value is -5.44. The van der Waals surface area contributed by atoms with Gasteiger partial charge in [-0.05, 0) is 86.6 Å². The molecule has 14 nitrogen and oxygen atoms in total. The van der Waals surface area contributed by atoms with E-state index in [0.29, 0.717) is 48.3 Å². The summed E-state index contributed by atoms with van der Waals surface area (Å²) in [4.78, 5) is 36.4. The smallest absolute Gasteiger partial charge is 0.336 e. The van der Waals surface area contributed by atoms with Crippen LogP contribution in [0.15, 0.2) is 95.3 Å². The number of allylic oxidation sites excluding steroid dienone is 2. The molecule has 1 saturated carbocycles. The number of nitro benzene ring substituents is 1. The second-order valence-corrected chi connectivity index (χ2v) is 13.2. The van der Waals surface area contributed by atoms with E-state index >= 15 is 0 Å². The Morgan fingerprint density at radius 3 is 2.20 bits per heavy atom. The molecule has 4 N–H and O–H groups in total. The quantitative estimate of drug-likeness (QED) is 0.0471. The number of nitro groups is 1. The van der Waals surface area contributed by atoms with Crippen LogP contribution in [0.2, 0.25) is 0 Å². The van der Waals surface area contributed by atoms with Gasteiger partial charge >= 0.3 is 11.9 Å². The monoisotopic (exact) mass is 745 g/mol. The van der Waals surface area contributed by atoms with Crippen molar-refractivity contribution in [3.8, 4) is 17.2 Å². The summed E-state index contributed by atoms with van der Waals surface area (Å²) in [6.45, 7) is 6.05. The van der Waals surface area contributed by atoms with Crippen LogP contribution >= 0.6 is 0 Å². The maximum absolute atomic E-state index is 13.3. The number of hydrogen-bond acceptors (Lipinski definition) is 12. The Labute approximate surface area is 313 Å². The second-order valence-electron chi connectivity index (χ2n) is 13.2. The third kappa shape index (κ3) is 11.8. The Balaban J connectivity index is 0.979. The molecule has 0 radical (unpaired) electrons. The maximum atomic E-state index is 13.3. The lowest BCUT2D eigenvalue weighted by Crippen LogP contribution is -2.33. The van der Waals surface area contributed by atoms with Crippen LogP contribution in [0, 0.1) is 16.0 Å². The summed E-state index contributed by atoms with van der Waals surface area (Å²) in [5, 5.41) is 37.8. The number of carboxylic acids is 1. The number of carboxylic acid groups (broad SMARTS) is 1. The number of aliphatic hydroxyl groups excluding tert-OH is 1. The average Bonchev–Trinajstić information content (AvgIpc) is 3.99. The molecule has 3 aromatic carbocycles. The topological polar surface area (TPSA) is 188 Å². The average molecular weight is 746 g/mol. The summed E-state index contributed by atoms with van der Waals surface area (Å²) in [6, 6.07) is 20.3. The molecular weight excluding hydrogens is 698 g/mol. The molecule has 1 fully saturated rings. The molecule has 54 heavy (non-hydrogen) atoms. The van der Waals surface area contributed by atoms with Crippen molar-refractivity contribution in [2.75, 3.05) is 52.7 Å². The predicted octanol–water partition coefficient (Wildman–Crippen LogP) is 4.91. The van der Waals surface area contributed by atoms with E-state index < -0.39 is 28.9 Å². The first-order valence-electron chi connectivity index (χ1n) is 18.0. The summed E-state index contributed by atoms with van der Waals surface area (Å²) < 4.78 is 28.4. The largest absolute Gasteiger partial charge is 0.492 e. The van der Waals surface area contributed by atoms with Crippen LogP contribution < -0.4 is 24.8 Å². The van der Waals surface area contributed by atoms with Crippen molar-refractivity contribution in [1.29, 1.82) is 0 Å². The van der Waals surface area contributed by atoms with E-state index in [1.807, 2.05) is 24.3 Å². The van der Waals surface area contributed by atoms with Crippen molar-refractivity contribution in [2.24, 2.45) is 5.92 Å². The number of rotatable bonds is 22. The molecule has 1 heterocycles. The van der Waals surface area contributed by atoms with Crippen LogP contribution in [-0.4, -0.2) is 85.9 Å². The van der Waals surface area contributed by atoms with E-state index in [4.69, 9.17) is 23.7 Å². The normalized spacial score (nSPS) is 16.0. The fourth-order valence-corrected chi connectivity index (χ4v) is 5.94. The zero-order chi connectivity index (χ0) is 38.5. The van der Waals surface area contributed by atoms with Gasteiger partial charge < -0.3 is 44.5 Å². The molecule has 2 unspecified atom stereocenters. The second kappa shape index (κ2) is 19.6. The van der Waals surface area contributed by atoms with Crippen molar-refractivity contribution in [1.82, 2.24) is 10.6 Å². The molecule has 1 aliphatic carbocycles. The maximum Gasteiger partial charge on any atom is 0.336 e. The lowest BCUT2D eigenvalue weighted by Gasteiger charge is -2.29. The van der Waals surface area contributed by atoms with Crippen molar-refractivity contribution < 1.29 is 48.4 Å². The van der Waals surface area contributed by atoms with Crippen LogP contribution in [0.25, 0.3) is 0 Å². The van der Waals surface area contributed by atoms with Crippen LogP contribution in [0.3, 0.4) is 0 Å². The fourth-order valence-electron chi connectivity index (χ4n) is 5.94. The molecule has 2 atom stereocenters. The number of nitrogens with one attached hydrogen (secondary N) is 2. The van der Waals surface area contributed by atoms with Gasteiger partial charge in [-0.2, -0.15) is 0 Å². The molecule has 3 aromatic rings. The van der Waals surface area contributed by atoms with E-state index in [-0.39, 0.29) is 42.2 Å². The van der Waals surface area contributed by atoms with Crippen molar-refractivity contribution in [3.05, 3.63) is 117 Å². The number of aliphatic hydroxyl groups is 1. The zero-order valence-corrected chi connectivity index (χ0v) is 30.5. The minimum Gasteiger partial charge on any atom is -0.492 e. The minimum atomic E-state index is -1.26. The zero-order valence-electron chi connectivity index (χ0n) is 30.5. The van der Waals surface area contributed by atoms with Gasteiger partial charge in [-0.25, -0.2) is 9.59 Å². The number of ether oxygens (including phenoxy) is 5. The Bertz CT molecular complexity index is 1800. The van der Waals surface area contributed by atoms with Crippen molar-refractivity contribution in [3.63, 3.8) is 0 Å². The molecular formula is C40H47N3O11. The van der Waals surface area contributed by atoms with E-state index in [9.17, 15) is 29.9 Å². The number of carbonyl (C=O) groups is 2. The van der Waals surface area contributed by atoms with E-state index in [1.165, 1.54) is 36.6 Å². The molecule has 0 amide bonds. The molecule has 5 rings (SSSR count). The molecule has 0 spiro atoms. The highest BCUT2D eigenvalue weighted by molar-refractivity contribution is 5.99. The molecule has 0 aromatic heterocycles. The van der Waals surface area contributed by atoms with Gasteiger partial charge in [0.15, 0.2) is 0 Å². The van der Waals surface area contributed by atoms with Crippen LogP contribution in [0.4, 0.5) is 5.69 Å². The molecule has 0 bridgehead atoms. The number of aliphatic carboxylic acids is 1. The van der Waals surface area contributed by atoms with E-state index in [0.717, 1.165) is 25.6 Å². The number of hydrogen-bond donors (Lipinski definition) is 4. The number of esters is 1. The molecule has 2 aliphatic rings. The summed E-state index contributed by atoms with van der Waals surface area (Å²) in [7, 11) is 0. The first-order valence-corrected chi connectivity index (χ1v) is 18.0. The van der Waals surface area contributed by atoms with Crippen molar-refractivity contribution in [2.45, 2.75) is 45.1 Å². The highest BCUT2D eigenvalue weighted by atomic mass is 16.6. The Morgan fingerprint density at radius 2 is 1.54 bits per heavy atom. The lowest BCUT2D eigenvalue weighted by molar-refractivity contribution is -0.384. The van der Waals surface area contributed by atoms with Gasteiger partial charge in [0.1, 0.15) is 49.8 Å². The standard InChI is InChI=1S/C40H47N3O11/c1-26-36(39(45)46)38(30-4-3-5-31(22-30)43(48)49)37(27(2)42-26)40(47)53-21-20-52-34-14-12-33(13-15-34)51-19-17-41-23-32(44)25-54-35-10-8-28(9-11-35)16-18-50-24-29-6-7-29/h3-5,8-15,22,29,32,38,41-42,44H,6-7,16-21,23-25H2,1-2H3,(H,45,46). The van der Waals surface area contributed by atoms with Gasteiger partial charge in [0, 0.05) is 43.2 Å². The number of benzene rings is 3. The third-order valence-corrected chi connectivity index (χ3v) is 8.91. The summed E-state index contributed by atoms with van der Waals surface area (Å²) in [6.07, 6.45) is 2.76. The fraction of sp³-hybridized carbons (Fsp3) is 0.400. The van der Waals surface area contributed by atoms with Crippen LogP contribution in [0.5, 0.6) is 17.2 Å². The highest BCUT2D eigenvalue weighted by Gasteiger charge is 2.37. The highest BCUT2D eigenvalue weighted by Crippen LogP contribution is 2.39. The third-order valence-electron chi connectivity index (χ3n) is 8.91. The van der Waals surface area contributed by atoms with Gasteiger partial charge in [-0.3, -0.25) is 10.1 Å². The summed E-state index contributed by atoms with van der Waals surface area (Å²) in [5.74, 6) is -0.510. The van der Waals surface area contributed by atoms with Gasteiger partial charge in [-0.1, -0.05) is 24.3 Å². The van der Waals surface area contributed by atoms with Crippen LogP contribution in [-0.2, 0) is 25.5 Å². The van der Waals surface area contributed by atoms with E-state index in [1.54, 1.807) is 44.2 Å². The van der Waals surface area contributed by atoms with E-state index in [2.05, 4.69) is 10.6 Å². The first kappa shape index (κ1) is 39.8. The summed E-state index contributed by atoms with van der Waals surface area (Å²) in [5.41, 5.74) is 1.88. The van der Waals surface area contributed by atoms with Gasteiger partial charge in [-0.15, -0.1) is 0 Å². The first-order chi connectivity index (χ1) is 26.1. The lowest BCUT2D eigenvalue weighted by atomic mass is 9.80. The Morgan fingerprint density at radius 1 is 0.889 bits per heavy atom. The number of carbonyl (C=O) groups excluding carboxylic acids is 1. The van der Waals surface area contributed by atoms with Gasteiger partial charge in [0.05, 0.1) is 28.6 Å². The predicted molar refractivity (Wildman–Crippen MR) is 198 cm³/mol. The molecule has 0 saturated heterocycles. The number of nitrogens with zero attached hydrogens (tertiary/aromatic N) is 1. The molecule has 1 aliphatic heterocycles. The van der Waals surface area contributed by atoms with Crippen LogP contribution in [0.1, 0.15) is 43.7 Å². The Kier molecular flexibility index (Phi) is 14.4. The van der Waals surface area contributed by atoms with Gasteiger partial charge in [0.25, 0.3) is 5.69 Å².